The molecule has 0 N–H and O–H groups in total. The first-order valence-corrected chi connectivity index (χ1v) is 13.8. The summed E-state index contributed by atoms with van der Waals surface area (Å²) < 4.78 is 21.7. The molecule has 46 heavy (non-hydrogen) atoms. The third-order valence-corrected chi connectivity index (χ3v) is 6.85. The maximum absolute atomic E-state index is 12.4. The molecule has 0 radical (unpaired) electrons. The second-order valence-electron chi connectivity index (χ2n) is 9.79. The summed E-state index contributed by atoms with van der Waals surface area (Å²) in [6, 6.07) is 24.6. The molecule has 0 bridgehead atoms. The Kier molecular flexibility index (Phi) is 9.00. The Bertz CT molecular complexity index is 1920. The zero-order valence-electron chi connectivity index (χ0n) is 24.5. The van der Waals surface area contributed by atoms with Gasteiger partial charge in [-0.05, 0) is 93.7 Å². The smallest absolute Gasteiger partial charge is 0.335 e. The lowest BCUT2D eigenvalue weighted by molar-refractivity contribution is -0.129. The third-order valence-electron chi connectivity index (χ3n) is 6.85. The van der Waals surface area contributed by atoms with Gasteiger partial charge in [-0.2, -0.15) is 0 Å². The van der Waals surface area contributed by atoms with Crippen molar-refractivity contribution < 1.29 is 38.1 Å². The molecule has 8 heteroatoms. The Morgan fingerprint density at radius 3 is 1.07 bits per heavy atom. The van der Waals surface area contributed by atoms with E-state index >= 15 is 0 Å². The highest BCUT2D eigenvalue weighted by Gasteiger charge is 2.16. The Labute approximate surface area is 264 Å². The van der Waals surface area contributed by atoms with Gasteiger partial charge in [-0.15, -0.1) is 0 Å². The molecule has 5 aromatic rings. The molecule has 0 amide bonds. The number of carbonyl (C=O) groups excluding carboxylic acids is 4. The Balaban J connectivity index is 1.67. The van der Waals surface area contributed by atoms with Gasteiger partial charge in [-0.25, -0.2) is 19.2 Å². The fourth-order valence-electron chi connectivity index (χ4n) is 4.70. The van der Waals surface area contributed by atoms with Crippen LogP contribution in [0.15, 0.2) is 136 Å². The second kappa shape index (κ2) is 13.4. The van der Waals surface area contributed by atoms with Gasteiger partial charge in [-0.3, -0.25) is 0 Å². The van der Waals surface area contributed by atoms with Gasteiger partial charge in [0.25, 0.3) is 0 Å². The average molecular weight is 611 g/mol. The van der Waals surface area contributed by atoms with Crippen LogP contribution in [0, 0.1) is 0 Å². The lowest BCUT2D eigenvalue weighted by atomic mass is 9.95. The molecule has 0 aliphatic heterocycles. The lowest BCUT2D eigenvalue weighted by Crippen LogP contribution is -2.05. The van der Waals surface area contributed by atoms with E-state index < -0.39 is 23.9 Å². The fraction of sp³-hybridized carbons (Fsp3) is 0. The van der Waals surface area contributed by atoms with Gasteiger partial charge in [0.15, 0.2) is 0 Å². The third kappa shape index (κ3) is 6.82. The molecule has 226 valence electrons. The molecule has 0 aromatic heterocycles. The predicted octanol–water partition coefficient (Wildman–Crippen LogP) is 7.69. The maximum Gasteiger partial charge on any atom is 0.335 e. The summed E-state index contributed by atoms with van der Waals surface area (Å²) >= 11 is 0. The van der Waals surface area contributed by atoms with E-state index in [1.54, 1.807) is 60.7 Å². The quantitative estimate of drug-likeness (QED) is 0.0686. The first-order valence-electron chi connectivity index (χ1n) is 13.8. The number of esters is 4. The van der Waals surface area contributed by atoms with Crippen molar-refractivity contribution in [2.45, 2.75) is 0 Å². The van der Waals surface area contributed by atoms with Crippen LogP contribution in [0.2, 0.25) is 0 Å². The number of hydrogen-bond acceptors (Lipinski definition) is 8. The molecular formula is C38H26O8. The molecule has 5 aromatic carbocycles. The van der Waals surface area contributed by atoms with Crippen molar-refractivity contribution in [3.63, 3.8) is 0 Å². The monoisotopic (exact) mass is 610 g/mol. The second-order valence-corrected chi connectivity index (χ2v) is 9.79. The predicted molar refractivity (Wildman–Crippen MR) is 176 cm³/mol. The normalized spacial score (nSPS) is 10.4. The van der Waals surface area contributed by atoms with Crippen LogP contribution in [0.3, 0.4) is 0 Å². The summed E-state index contributed by atoms with van der Waals surface area (Å²) in [7, 11) is 0. The number of benzene rings is 5. The van der Waals surface area contributed by atoms with Crippen LogP contribution in [0.4, 0.5) is 0 Å². The molecule has 0 saturated heterocycles. The van der Waals surface area contributed by atoms with E-state index in [0.717, 1.165) is 35.4 Å². The summed E-state index contributed by atoms with van der Waals surface area (Å²) in [6.45, 7) is 13.8. The molecule has 0 aliphatic carbocycles. The lowest BCUT2D eigenvalue weighted by Gasteiger charge is -2.15. The highest BCUT2D eigenvalue weighted by molar-refractivity contribution is 6.07. The Hall–Kier alpha value is -6.54. The molecule has 0 heterocycles. The minimum atomic E-state index is -0.642. The first-order chi connectivity index (χ1) is 22.2. The number of rotatable bonds is 10. The summed E-state index contributed by atoms with van der Waals surface area (Å²) in [5, 5.41) is 2.62. The van der Waals surface area contributed by atoms with Crippen molar-refractivity contribution in [1.29, 1.82) is 0 Å². The molecule has 5 rings (SSSR count). The summed E-state index contributed by atoms with van der Waals surface area (Å²) in [5.41, 5.74) is 2.93. The van der Waals surface area contributed by atoms with Gasteiger partial charge >= 0.3 is 23.9 Å². The van der Waals surface area contributed by atoms with Crippen LogP contribution in [0.1, 0.15) is 0 Å². The summed E-state index contributed by atoms with van der Waals surface area (Å²) in [4.78, 5) is 47.9. The minimum Gasteiger partial charge on any atom is -0.423 e. The highest BCUT2D eigenvalue weighted by Crippen LogP contribution is 2.40. The van der Waals surface area contributed by atoms with Crippen molar-refractivity contribution in [3.05, 3.63) is 136 Å². The SMILES string of the molecule is C=CC(=O)Oc1ccc(-c2cc(OC(=O)C=C)c3cc4cc(-c5ccc(OC(=O)C=C)cc5)cc(OC(=O)C=C)c4cc3c2)cc1. The van der Waals surface area contributed by atoms with Gasteiger partial charge in [0.2, 0.25) is 0 Å². The number of carbonyl (C=O) groups is 4. The van der Waals surface area contributed by atoms with Gasteiger partial charge in [-0.1, -0.05) is 50.6 Å². The Morgan fingerprint density at radius 1 is 0.413 bits per heavy atom. The molecule has 0 unspecified atom stereocenters. The summed E-state index contributed by atoms with van der Waals surface area (Å²) in [5.74, 6) is -1.19. The highest BCUT2D eigenvalue weighted by atomic mass is 16.5. The van der Waals surface area contributed by atoms with E-state index in [-0.39, 0.29) is 11.5 Å². The Morgan fingerprint density at radius 2 is 0.739 bits per heavy atom. The van der Waals surface area contributed by atoms with Crippen molar-refractivity contribution in [3.8, 4) is 45.3 Å². The molecule has 8 nitrogen and oxygen atoms in total. The molecule has 0 aliphatic rings. The van der Waals surface area contributed by atoms with E-state index in [1.807, 2.05) is 24.3 Å². The fourth-order valence-corrected chi connectivity index (χ4v) is 4.70. The van der Waals surface area contributed by atoms with Crippen LogP contribution in [-0.4, -0.2) is 23.9 Å². The van der Waals surface area contributed by atoms with Gasteiger partial charge in [0.05, 0.1) is 0 Å². The van der Waals surface area contributed by atoms with E-state index in [1.165, 1.54) is 0 Å². The number of ether oxygens (including phenoxy) is 4. The van der Waals surface area contributed by atoms with Gasteiger partial charge in [0, 0.05) is 35.1 Å². The maximum atomic E-state index is 12.4. The van der Waals surface area contributed by atoms with Crippen molar-refractivity contribution in [1.82, 2.24) is 0 Å². The average Bonchev–Trinajstić information content (AvgIpc) is 3.07. The largest absolute Gasteiger partial charge is 0.423 e. The van der Waals surface area contributed by atoms with E-state index in [9.17, 15) is 19.2 Å². The van der Waals surface area contributed by atoms with Crippen molar-refractivity contribution >= 4 is 45.4 Å². The molecule has 0 saturated carbocycles. The minimum absolute atomic E-state index is 0.282. The molecule has 0 fully saturated rings. The summed E-state index contributed by atoms with van der Waals surface area (Å²) in [6.07, 6.45) is 4.29. The van der Waals surface area contributed by atoms with Crippen LogP contribution in [0.25, 0.3) is 43.8 Å². The van der Waals surface area contributed by atoms with Crippen molar-refractivity contribution in [2.75, 3.05) is 0 Å². The zero-order chi connectivity index (χ0) is 32.8. The van der Waals surface area contributed by atoms with Crippen LogP contribution in [-0.2, 0) is 19.2 Å². The molecular weight excluding hydrogens is 584 g/mol. The molecule has 0 spiro atoms. The van der Waals surface area contributed by atoms with Crippen LogP contribution in [0.5, 0.6) is 23.0 Å². The van der Waals surface area contributed by atoms with Crippen LogP contribution < -0.4 is 18.9 Å². The van der Waals surface area contributed by atoms with Crippen molar-refractivity contribution in [2.24, 2.45) is 0 Å². The van der Waals surface area contributed by atoms with Gasteiger partial charge in [0.1, 0.15) is 23.0 Å². The first kappa shape index (κ1) is 30.9. The molecule has 0 atom stereocenters. The number of fused-ring (bicyclic) bond motifs is 2. The van der Waals surface area contributed by atoms with Crippen LogP contribution >= 0.6 is 0 Å². The van der Waals surface area contributed by atoms with E-state index in [2.05, 4.69) is 26.3 Å². The van der Waals surface area contributed by atoms with Gasteiger partial charge < -0.3 is 18.9 Å². The number of hydrogen-bond donors (Lipinski definition) is 0. The standard InChI is InChI=1S/C38H26O8/c1-5-35(39)43-29-13-9-23(10-14-29)25-17-27-19-32-28(20-31(27)33(21-25)45-37(41)7-3)18-26(22-34(32)46-38(42)8-4)24-11-15-30(16-12-24)44-36(40)6-2/h5-22H,1-4H2. The zero-order valence-corrected chi connectivity index (χ0v) is 24.5. The van der Waals surface area contributed by atoms with E-state index in [0.29, 0.717) is 44.2 Å². The topological polar surface area (TPSA) is 105 Å². The van der Waals surface area contributed by atoms with E-state index in [4.69, 9.17) is 18.9 Å².